The summed E-state index contributed by atoms with van der Waals surface area (Å²) >= 11 is 7.39. The quantitative estimate of drug-likeness (QED) is 0.353. The van der Waals surface area contributed by atoms with Crippen molar-refractivity contribution in [2.45, 2.75) is 42.8 Å². The first kappa shape index (κ1) is 20.6. The summed E-state index contributed by atoms with van der Waals surface area (Å²) in [6.07, 6.45) is 4.70. The number of anilines is 1. The van der Waals surface area contributed by atoms with Gasteiger partial charge in [-0.05, 0) is 37.8 Å². The standard InChI is InChI=1S/C20H23ClN6O3S/c21-14-3-6-16(17(11-14)27(29)30)24-7-9-25(10-8-24)18(28)12-31-20-23-22-19(13-1-2-13)26(20)15-4-5-15/h3,6,11,13,15H,1-2,4-5,7-10,12H2. The molecule has 1 aromatic carbocycles. The molecule has 0 radical (unpaired) electrons. The van der Waals surface area contributed by atoms with E-state index in [2.05, 4.69) is 14.8 Å². The van der Waals surface area contributed by atoms with Gasteiger partial charge < -0.3 is 14.4 Å². The Labute approximate surface area is 188 Å². The Balaban J connectivity index is 1.18. The Bertz CT molecular complexity index is 1010. The molecule has 11 heteroatoms. The average Bonchev–Trinajstić information content (AvgIpc) is 3.71. The van der Waals surface area contributed by atoms with Gasteiger partial charge in [-0.15, -0.1) is 10.2 Å². The lowest BCUT2D eigenvalue weighted by molar-refractivity contribution is -0.384. The van der Waals surface area contributed by atoms with E-state index in [-0.39, 0.29) is 11.6 Å². The number of nitro groups is 1. The maximum atomic E-state index is 12.8. The number of hydrogen-bond donors (Lipinski definition) is 0. The van der Waals surface area contributed by atoms with Crippen LogP contribution in [0.3, 0.4) is 0 Å². The fourth-order valence-corrected chi connectivity index (χ4v) is 5.09. The summed E-state index contributed by atoms with van der Waals surface area (Å²) < 4.78 is 2.26. The van der Waals surface area contributed by atoms with Gasteiger partial charge >= 0.3 is 0 Å². The van der Waals surface area contributed by atoms with Crippen molar-refractivity contribution in [3.8, 4) is 0 Å². The van der Waals surface area contributed by atoms with Crippen molar-refractivity contribution < 1.29 is 9.72 Å². The highest BCUT2D eigenvalue weighted by molar-refractivity contribution is 7.99. The van der Waals surface area contributed by atoms with Crippen LogP contribution in [0.25, 0.3) is 0 Å². The number of thioether (sulfide) groups is 1. The maximum absolute atomic E-state index is 12.8. The van der Waals surface area contributed by atoms with Crippen LogP contribution in [0.2, 0.25) is 5.02 Å². The molecule has 9 nitrogen and oxygen atoms in total. The summed E-state index contributed by atoms with van der Waals surface area (Å²) in [5, 5.41) is 21.3. The summed E-state index contributed by atoms with van der Waals surface area (Å²) in [5.74, 6) is 2.03. The third-order valence-electron chi connectivity index (χ3n) is 5.98. The molecule has 0 atom stereocenters. The molecule has 2 aliphatic carbocycles. The van der Waals surface area contributed by atoms with Crippen LogP contribution in [0.4, 0.5) is 11.4 Å². The SMILES string of the molecule is O=C(CSc1nnc(C2CC2)n1C1CC1)N1CCN(c2ccc(Cl)cc2[N+](=O)[O-])CC1. The zero-order chi connectivity index (χ0) is 21.5. The van der Waals surface area contributed by atoms with Crippen molar-refractivity contribution in [2.24, 2.45) is 0 Å². The number of carbonyl (C=O) groups excluding carboxylic acids is 1. The van der Waals surface area contributed by atoms with Gasteiger partial charge in [0.15, 0.2) is 5.16 Å². The zero-order valence-corrected chi connectivity index (χ0v) is 18.5. The highest BCUT2D eigenvalue weighted by atomic mass is 35.5. The van der Waals surface area contributed by atoms with Gasteiger partial charge in [-0.3, -0.25) is 14.9 Å². The van der Waals surface area contributed by atoms with Gasteiger partial charge in [0.25, 0.3) is 5.69 Å². The number of amides is 1. The summed E-state index contributed by atoms with van der Waals surface area (Å²) in [6.45, 7) is 2.15. The molecular formula is C20H23ClN6O3S. The first-order valence-electron chi connectivity index (χ1n) is 10.6. The number of benzene rings is 1. The van der Waals surface area contributed by atoms with Crippen LogP contribution in [0, 0.1) is 10.1 Å². The van der Waals surface area contributed by atoms with E-state index < -0.39 is 4.92 Å². The lowest BCUT2D eigenvalue weighted by atomic mass is 10.2. The number of nitrogens with zero attached hydrogens (tertiary/aromatic N) is 6. The van der Waals surface area contributed by atoms with Crippen LogP contribution >= 0.6 is 23.4 Å². The molecule has 1 aliphatic heterocycles. The van der Waals surface area contributed by atoms with E-state index in [0.29, 0.717) is 54.6 Å². The predicted molar refractivity (Wildman–Crippen MR) is 118 cm³/mol. The number of carbonyl (C=O) groups is 1. The molecule has 1 saturated heterocycles. The normalized spacial score (nSPS) is 19.0. The molecular weight excluding hydrogens is 440 g/mol. The number of hydrogen-bond acceptors (Lipinski definition) is 7. The minimum atomic E-state index is -0.415. The Morgan fingerprint density at radius 1 is 1.16 bits per heavy atom. The molecule has 5 rings (SSSR count). The topological polar surface area (TPSA) is 97.4 Å². The third kappa shape index (κ3) is 4.36. The first-order chi connectivity index (χ1) is 15.0. The molecule has 0 spiro atoms. The van der Waals surface area contributed by atoms with E-state index in [9.17, 15) is 14.9 Å². The van der Waals surface area contributed by atoms with Crippen molar-refractivity contribution in [1.82, 2.24) is 19.7 Å². The molecule has 0 unspecified atom stereocenters. The first-order valence-corrected chi connectivity index (χ1v) is 11.9. The Hall–Kier alpha value is -2.33. The summed E-state index contributed by atoms with van der Waals surface area (Å²) in [6, 6.07) is 5.21. The lowest BCUT2D eigenvalue weighted by Crippen LogP contribution is -2.49. The monoisotopic (exact) mass is 462 g/mol. The smallest absolute Gasteiger partial charge is 0.294 e. The molecule has 2 heterocycles. The van der Waals surface area contributed by atoms with Crippen molar-refractivity contribution in [2.75, 3.05) is 36.8 Å². The second kappa shape index (κ2) is 8.31. The van der Waals surface area contributed by atoms with Gasteiger partial charge in [0.2, 0.25) is 5.91 Å². The van der Waals surface area contributed by atoms with E-state index in [4.69, 9.17) is 11.6 Å². The molecule has 2 saturated carbocycles. The van der Waals surface area contributed by atoms with Gasteiger partial charge in [-0.2, -0.15) is 0 Å². The van der Waals surface area contributed by atoms with Crippen molar-refractivity contribution in [1.29, 1.82) is 0 Å². The summed E-state index contributed by atoms with van der Waals surface area (Å²) in [7, 11) is 0. The van der Waals surface area contributed by atoms with Crippen molar-refractivity contribution in [3.63, 3.8) is 0 Å². The van der Waals surface area contributed by atoms with Crippen LogP contribution < -0.4 is 4.90 Å². The number of halogens is 1. The van der Waals surface area contributed by atoms with Gasteiger partial charge in [-0.25, -0.2) is 0 Å². The van der Waals surface area contributed by atoms with Crippen LogP contribution in [0.1, 0.15) is 43.5 Å². The largest absolute Gasteiger partial charge is 0.362 e. The molecule has 0 bridgehead atoms. The van der Waals surface area contributed by atoms with E-state index in [0.717, 1.165) is 23.8 Å². The minimum absolute atomic E-state index is 0.00582. The molecule has 1 amide bonds. The van der Waals surface area contributed by atoms with E-state index in [1.807, 2.05) is 9.80 Å². The molecule has 164 valence electrons. The van der Waals surface area contributed by atoms with Gasteiger partial charge in [-0.1, -0.05) is 23.4 Å². The number of aromatic nitrogens is 3. The lowest BCUT2D eigenvalue weighted by Gasteiger charge is -2.35. The Morgan fingerprint density at radius 3 is 2.55 bits per heavy atom. The van der Waals surface area contributed by atoms with E-state index in [1.54, 1.807) is 12.1 Å². The predicted octanol–water partition coefficient (Wildman–Crippen LogP) is 3.49. The molecule has 3 fully saturated rings. The zero-order valence-electron chi connectivity index (χ0n) is 16.9. The van der Waals surface area contributed by atoms with Gasteiger partial charge in [0.05, 0.1) is 10.7 Å². The minimum Gasteiger partial charge on any atom is -0.362 e. The van der Waals surface area contributed by atoms with Crippen LogP contribution in [0.15, 0.2) is 23.4 Å². The molecule has 31 heavy (non-hydrogen) atoms. The third-order valence-corrected chi connectivity index (χ3v) is 7.14. The molecule has 1 aromatic heterocycles. The highest BCUT2D eigenvalue weighted by Gasteiger charge is 2.36. The second-order valence-electron chi connectivity index (χ2n) is 8.26. The van der Waals surface area contributed by atoms with Crippen LogP contribution in [-0.2, 0) is 4.79 Å². The highest BCUT2D eigenvalue weighted by Crippen LogP contribution is 2.46. The number of piperazine rings is 1. The number of nitro benzene ring substituents is 1. The van der Waals surface area contributed by atoms with Gasteiger partial charge in [0.1, 0.15) is 11.5 Å². The van der Waals surface area contributed by atoms with Gasteiger partial charge in [0, 0.05) is 49.2 Å². The van der Waals surface area contributed by atoms with Crippen molar-refractivity contribution >= 4 is 40.6 Å². The van der Waals surface area contributed by atoms with Crippen molar-refractivity contribution in [3.05, 3.63) is 39.2 Å². The Morgan fingerprint density at radius 2 is 1.90 bits per heavy atom. The van der Waals surface area contributed by atoms with Crippen LogP contribution in [0.5, 0.6) is 0 Å². The fraction of sp³-hybridized carbons (Fsp3) is 0.550. The average molecular weight is 463 g/mol. The molecule has 2 aromatic rings. The van der Waals surface area contributed by atoms with E-state index in [1.165, 1.54) is 30.7 Å². The molecule has 0 N–H and O–H groups in total. The summed E-state index contributed by atoms with van der Waals surface area (Å²) in [5.41, 5.74) is 0.537. The number of rotatable bonds is 7. The van der Waals surface area contributed by atoms with Crippen LogP contribution in [-0.4, -0.2) is 62.4 Å². The molecule has 3 aliphatic rings. The maximum Gasteiger partial charge on any atom is 0.294 e. The second-order valence-corrected chi connectivity index (χ2v) is 9.64. The summed E-state index contributed by atoms with van der Waals surface area (Å²) in [4.78, 5) is 27.5. The fourth-order valence-electron chi connectivity index (χ4n) is 4.01. The van der Waals surface area contributed by atoms with E-state index >= 15 is 0 Å². The Kier molecular flexibility index (Phi) is 5.51.